The fourth-order valence-electron chi connectivity index (χ4n) is 9.40. The van der Waals surface area contributed by atoms with Crippen molar-refractivity contribution >= 4 is 69.7 Å². The average molecular weight is 1040 g/mol. The van der Waals surface area contributed by atoms with Crippen molar-refractivity contribution in [3.8, 4) is 0 Å². The second kappa shape index (κ2) is 28.3. The molecule has 13 N–H and O–H groups in total. The maximum absolute atomic E-state index is 14.8. The zero-order valence-corrected chi connectivity index (χ0v) is 42.6. The van der Waals surface area contributed by atoms with Gasteiger partial charge >= 0.3 is 0 Å². The first-order chi connectivity index (χ1) is 36.5. The Morgan fingerprint density at radius 1 is 0.776 bits per heavy atom. The monoisotopic (exact) mass is 1040 g/mol. The van der Waals surface area contributed by atoms with E-state index in [2.05, 4.69) is 46.5 Å². The molecule has 0 bridgehead atoms. The van der Waals surface area contributed by atoms with Crippen LogP contribution in [0.2, 0.25) is 0 Å². The van der Waals surface area contributed by atoms with Crippen LogP contribution in [0.1, 0.15) is 80.7 Å². The number of aromatic amines is 2. The number of hydrogen-bond donors (Lipinski definition) is 10. The zero-order chi connectivity index (χ0) is 54.6. The normalized spacial score (nSPS) is 20.1. The van der Waals surface area contributed by atoms with Crippen LogP contribution < -0.4 is 43.8 Å². The van der Waals surface area contributed by atoms with Gasteiger partial charge in [0.1, 0.15) is 29.7 Å². The van der Waals surface area contributed by atoms with E-state index in [1.807, 2.05) is 24.3 Å². The molecule has 5 aromatic rings. The van der Waals surface area contributed by atoms with Crippen LogP contribution in [0.5, 0.6) is 0 Å². The highest BCUT2D eigenvalue weighted by atomic mass is 16.2. The number of hydrogen-bond acceptors (Lipinski definition) is 11. The van der Waals surface area contributed by atoms with E-state index in [1.165, 1.54) is 19.4 Å². The van der Waals surface area contributed by atoms with Gasteiger partial charge in [0.2, 0.25) is 35.4 Å². The molecule has 0 spiro atoms. The summed E-state index contributed by atoms with van der Waals surface area (Å²) in [6, 6.07) is 20.1. The van der Waals surface area contributed by atoms with E-state index >= 15 is 0 Å². The Morgan fingerprint density at radius 3 is 2.16 bits per heavy atom. The maximum Gasteiger partial charge on any atom is 0.243 e. The van der Waals surface area contributed by atoms with Crippen LogP contribution in [0.25, 0.3) is 10.9 Å². The molecule has 21 heteroatoms. The lowest BCUT2D eigenvalue weighted by molar-refractivity contribution is -0.135. The number of aromatic nitrogens is 3. The maximum atomic E-state index is 14.8. The van der Waals surface area contributed by atoms with E-state index in [4.69, 9.17) is 17.2 Å². The van der Waals surface area contributed by atoms with Crippen molar-refractivity contribution in [3.05, 3.63) is 126 Å². The highest BCUT2D eigenvalue weighted by Gasteiger charge is 2.35. The van der Waals surface area contributed by atoms with Crippen molar-refractivity contribution in [1.82, 2.24) is 41.5 Å². The lowest BCUT2D eigenvalue weighted by Gasteiger charge is -2.27. The summed E-state index contributed by atoms with van der Waals surface area (Å²) in [6.07, 6.45) is 3.31. The molecule has 1 saturated heterocycles. The van der Waals surface area contributed by atoms with E-state index in [0.29, 0.717) is 16.8 Å². The molecule has 2 aromatic heterocycles. The van der Waals surface area contributed by atoms with Gasteiger partial charge in [0.25, 0.3) is 0 Å². The molecule has 0 aliphatic carbocycles. The topological polar surface area (TPSA) is 349 Å². The standard InChI is InChI=1S/C55H68N12O9/c1-33(68)64-45(24-35-13-6-3-7-14-35)53(75)65-43-18-19-50(72)60-22-20-37(48(70)28-38(51(56)73)25-39-30-62-42-17-9-8-16-41(39)42)26-47(69)36(15-10-21-61-55(57)58)27-49(71)44(23-34-11-4-2-5-12-34)66-54(76)46(67-52(43)74)29-40-31-59-32-63-40/h2-9,11-14,16-17,30-32,36-38,43-46,62H,10,15,18-29H2,1H3,(H2,56,73)(H,59,63)(H,60,72)(H,64,68)(H,65,75)(H,66,76)(H,67,74)(H4,57,58,61)/t36-,37-,38-,43+,44-,45+,46+/m1/s1. The predicted octanol–water partition coefficient (Wildman–Crippen LogP) is 1.69. The number of aliphatic imine (C=N–C) groups is 1. The number of benzene rings is 3. The molecule has 76 heavy (non-hydrogen) atoms. The molecule has 6 amide bonds. The van der Waals surface area contributed by atoms with Gasteiger partial charge in [-0.3, -0.25) is 48.1 Å². The van der Waals surface area contributed by atoms with Gasteiger partial charge in [-0.2, -0.15) is 0 Å². The molecule has 3 aromatic carbocycles. The molecule has 21 nitrogen and oxygen atoms in total. The Bertz CT molecular complexity index is 2830. The van der Waals surface area contributed by atoms with Crippen LogP contribution in [0.15, 0.2) is 109 Å². The number of carbonyl (C=O) groups is 9. The van der Waals surface area contributed by atoms with Crippen LogP contribution in [-0.4, -0.2) is 111 Å². The van der Waals surface area contributed by atoms with Crippen LogP contribution in [0.4, 0.5) is 0 Å². The number of primary amides is 1. The van der Waals surface area contributed by atoms with Gasteiger partial charge in [-0.25, -0.2) is 4.98 Å². The number of H-pyrrole nitrogens is 2. The summed E-state index contributed by atoms with van der Waals surface area (Å²) < 4.78 is 0. The summed E-state index contributed by atoms with van der Waals surface area (Å²) in [6.45, 7) is 1.26. The third kappa shape index (κ3) is 17.6. The van der Waals surface area contributed by atoms with Crippen LogP contribution in [0.3, 0.4) is 0 Å². The van der Waals surface area contributed by atoms with Gasteiger partial charge in [-0.05, 0) is 61.3 Å². The first-order valence-corrected chi connectivity index (χ1v) is 25.5. The zero-order valence-electron chi connectivity index (χ0n) is 42.6. The van der Waals surface area contributed by atoms with Gasteiger partial charge in [-0.15, -0.1) is 0 Å². The molecular weight excluding hydrogens is 973 g/mol. The first-order valence-electron chi connectivity index (χ1n) is 25.5. The second-order valence-electron chi connectivity index (χ2n) is 19.3. The molecular formula is C55H68N12O9. The third-order valence-electron chi connectivity index (χ3n) is 13.5. The first kappa shape index (κ1) is 56.8. The second-order valence-corrected chi connectivity index (χ2v) is 19.3. The Kier molecular flexibility index (Phi) is 21.1. The summed E-state index contributed by atoms with van der Waals surface area (Å²) in [7, 11) is 0. The highest BCUT2D eigenvalue weighted by molar-refractivity contribution is 5.98. The molecule has 0 saturated carbocycles. The number of para-hydroxylation sites is 1. The minimum absolute atomic E-state index is 0.00446. The molecule has 1 fully saturated rings. The van der Waals surface area contributed by atoms with Crippen LogP contribution >= 0.6 is 0 Å². The van der Waals surface area contributed by atoms with Crippen molar-refractivity contribution < 1.29 is 43.2 Å². The summed E-state index contributed by atoms with van der Waals surface area (Å²) >= 11 is 0. The van der Waals surface area contributed by atoms with Gasteiger partial charge in [0.15, 0.2) is 11.7 Å². The number of Topliss-reactive ketones (excluding diaryl/α,β-unsaturated/α-hetero) is 3. The van der Waals surface area contributed by atoms with Gasteiger partial charge < -0.3 is 53.8 Å². The van der Waals surface area contributed by atoms with Crippen molar-refractivity contribution in [1.29, 1.82) is 0 Å². The minimum Gasteiger partial charge on any atom is -0.370 e. The fourth-order valence-corrected chi connectivity index (χ4v) is 9.40. The molecule has 3 heterocycles. The number of nitrogens with two attached hydrogens (primary N) is 3. The van der Waals surface area contributed by atoms with Crippen LogP contribution in [0, 0.1) is 17.8 Å². The number of imidazole rings is 1. The number of amides is 6. The highest BCUT2D eigenvalue weighted by Crippen LogP contribution is 2.27. The lowest BCUT2D eigenvalue weighted by atomic mass is 9.81. The Hall–Kier alpha value is -8.49. The van der Waals surface area contributed by atoms with Crippen molar-refractivity contribution in [3.63, 3.8) is 0 Å². The number of guanidine groups is 1. The quantitative estimate of drug-likeness (QED) is 0.0321. The summed E-state index contributed by atoms with van der Waals surface area (Å²) in [5, 5.41) is 14.6. The summed E-state index contributed by atoms with van der Waals surface area (Å²) in [4.78, 5) is 140. The summed E-state index contributed by atoms with van der Waals surface area (Å²) in [5.41, 5.74) is 20.6. The smallest absolute Gasteiger partial charge is 0.243 e. The molecule has 6 rings (SSSR count). The van der Waals surface area contributed by atoms with Crippen molar-refractivity contribution in [2.24, 2.45) is 39.9 Å². The largest absolute Gasteiger partial charge is 0.370 e. The molecule has 0 radical (unpaired) electrons. The Balaban J connectivity index is 1.35. The predicted molar refractivity (Wildman–Crippen MR) is 283 cm³/mol. The van der Waals surface area contributed by atoms with Crippen molar-refractivity contribution in [2.45, 2.75) is 108 Å². The van der Waals surface area contributed by atoms with E-state index < -0.39 is 94.7 Å². The van der Waals surface area contributed by atoms with E-state index in [-0.39, 0.29) is 96.1 Å². The van der Waals surface area contributed by atoms with Gasteiger partial charge in [0, 0.05) is 105 Å². The average Bonchev–Trinajstić information content (AvgIpc) is 4.07. The number of fused-ring (bicyclic) bond motifs is 1. The van der Waals surface area contributed by atoms with Crippen molar-refractivity contribution in [2.75, 3.05) is 13.1 Å². The Morgan fingerprint density at radius 2 is 1.47 bits per heavy atom. The molecule has 1 aliphatic rings. The number of nitrogens with one attached hydrogen (secondary N) is 7. The molecule has 7 atom stereocenters. The van der Waals surface area contributed by atoms with Gasteiger partial charge in [-0.1, -0.05) is 78.9 Å². The SMILES string of the molecule is CC(=O)N[C@@H](Cc1ccccc1)C(=O)N[C@H]1CCC(=O)NCC[C@@H](C(=O)C[C@@H](Cc2c[nH]c3ccccc23)C(N)=O)CC(=O)[C@H](CCCN=C(N)N)CC(=O)[C@@H](Cc2ccccc2)NC(=O)[C@H](Cc2cnc[nH]2)NC1=O. The number of nitrogens with zero attached hydrogens (tertiary/aromatic N) is 2. The molecule has 402 valence electrons. The lowest BCUT2D eigenvalue weighted by Crippen LogP contribution is -2.58. The van der Waals surface area contributed by atoms with E-state index in [0.717, 1.165) is 16.5 Å². The third-order valence-corrected chi connectivity index (χ3v) is 13.5. The van der Waals surface area contributed by atoms with Crippen LogP contribution in [-0.2, 0) is 68.8 Å². The number of ketones is 3. The minimum atomic E-state index is -1.44. The number of rotatable bonds is 19. The molecule has 0 unspecified atom stereocenters. The van der Waals surface area contributed by atoms with E-state index in [9.17, 15) is 43.2 Å². The van der Waals surface area contributed by atoms with Gasteiger partial charge in [0.05, 0.1) is 12.4 Å². The molecule has 1 aliphatic heterocycles. The Labute approximate surface area is 440 Å². The summed E-state index contributed by atoms with van der Waals surface area (Å²) in [5.74, 6) is -8.74. The number of carbonyl (C=O) groups excluding carboxylic acids is 9. The van der Waals surface area contributed by atoms with E-state index in [1.54, 1.807) is 66.9 Å². The fraction of sp³-hybridized carbons (Fsp3) is 0.400.